The second-order valence-electron chi connectivity index (χ2n) is 5.00. The van der Waals surface area contributed by atoms with Crippen LogP contribution in [0.4, 0.5) is 13.2 Å². The third-order valence-electron chi connectivity index (χ3n) is 2.95. The Kier molecular flexibility index (Phi) is 7.28. The maximum Gasteiger partial charge on any atom is 0.391 e. The third kappa shape index (κ3) is 8.33. The minimum atomic E-state index is -4.00. The molecular weight excluding hydrogens is 247 g/mol. The number of hydrogen-bond donors (Lipinski definition) is 2. The average molecular weight is 269 g/mol. The van der Waals surface area contributed by atoms with Gasteiger partial charge in [0, 0.05) is 13.0 Å². The van der Waals surface area contributed by atoms with Gasteiger partial charge in [-0.05, 0) is 32.1 Å². The van der Waals surface area contributed by atoms with E-state index in [2.05, 4.69) is 0 Å². The fourth-order valence-electron chi connectivity index (χ4n) is 2.33. The highest BCUT2D eigenvalue weighted by Gasteiger charge is 2.41. The molecule has 0 bridgehead atoms. The van der Waals surface area contributed by atoms with Gasteiger partial charge in [-0.25, -0.2) is 0 Å². The molecule has 1 fully saturated rings. The molecule has 0 amide bonds. The molecule has 0 radical (unpaired) electrons. The normalized spacial score (nSPS) is 25.9. The van der Waals surface area contributed by atoms with Gasteiger partial charge in [-0.2, -0.15) is 13.2 Å². The molecule has 1 aliphatic rings. The molecule has 1 rings (SSSR count). The number of alkyl halides is 3. The Morgan fingerprint density at radius 1 is 1.44 bits per heavy atom. The molecule has 18 heavy (non-hydrogen) atoms. The van der Waals surface area contributed by atoms with E-state index in [1.54, 1.807) is 0 Å². The first-order chi connectivity index (χ1) is 8.12. The van der Waals surface area contributed by atoms with Crippen molar-refractivity contribution in [2.24, 2.45) is 17.6 Å². The van der Waals surface area contributed by atoms with Crippen molar-refractivity contribution in [3.63, 3.8) is 0 Å². The molecule has 3 N–H and O–H groups in total. The summed E-state index contributed by atoms with van der Waals surface area (Å²) in [5.41, 5.74) is 5.60. The van der Waals surface area contributed by atoms with Gasteiger partial charge in [0.05, 0.1) is 5.92 Å². The van der Waals surface area contributed by atoms with Gasteiger partial charge in [0.15, 0.2) is 0 Å². The molecule has 0 saturated heterocycles. The molecule has 0 aromatic heterocycles. The van der Waals surface area contributed by atoms with Crippen LogP contribution >= 0.6 is 0 Å². The molecule has 1 saturated carbocycles. The Hall–Kier alpha value is -0.780. The van der Waals surface area contributed by atoms with Crippen LogP contribution < -0.4 is 5.73 Å². The second kappa shape index (κ2) is 7.61. The Labute approximate surface area is 106 Å². The third-order valence-corrected chi connectivity index (χ3v) is 2.95. The molecule has 0 heterocycles. The highest BCUT2D eigenvalue weighted by molar-refractivity contribution is 5.62. The summed E-state index contributed by atoms with van der Waals surface area (Å²) in [6, 6.07) is 0.0204. The minimum absolute atomic E-state index is 0.0204. The van der Waals surface area contributed by atoms with Gasteiger partial charge in [0.2, 0.25) is 0 Å². The van der Waals surface area contributed by atoms with Crippen LogP contribution in [0.5, 0.6) is 0 Å². The van der Waals surface area contributed by atoms with Gasteiger partial charge in [-0.3, -0.25) is 4.79 Å². The maximum absolute atomic E-state index is 12.4. The van der Waals surface area contributed by atoms with Crippen LogP contribution in [-0.2, 0) is 4.79 Å². The van der Waals surface area contributed by atoms with E-state index < -0.39 is 18.1 Å². The van der Waals surface area contributed by atoms with Crippen LogP contribution in [0.1, 0.15) is 46.0 Å². The van der Waals surface area contributed by atoms with Crippen LogP contribution in [0.2, 0.25) is 0 Å². The van der Waals surface area contributed by atoms with Gasteiger partial charge < -0.3 is 10.8 Å². The first-order valence-electron chi connectivity index (χ1n) is 6.14. The Morgan fingerprint density at radius 2 is 1.94 bits per heavy atom. The fourth-order valence-corrected chi connectivity index (χ4v) is 2.33. The largest absolute Gasteiger partial charge is 0.481 e. The number of hydrogen-bond acceptors (Lipinski definition) is 2. The Morgan fingerprint density at radius 3 is 2.33 bits per heavy atom. The van der Waals surface area contributed by atoms with E-state index in [0.29, 0.717) is 12.8 Å². The number of halogens is 3. The lowest BCUT2D eigenvalue weighted by molar-refractivity contribution is -0.186. The van der Waals surface area contributed by atoms with E-state index in [1.807, 2.05) is 6.92 Å². The van der Waals surface area contributed by atoms with Crippen molar-refractivity contribution in [3.05, 3.63) is 0 Å². The van der Waals surface area contributed by atoms with E-state index >= 15 is 0 Å². The van der Waals surface area contributed by atoms with Crippen molar-refractivity contribution in [2.75, 3.05) is 0 Å². The van der Waals surface area contributed by atoms with Crippen LogP contribution in [0.25, 0.3) is 0 Å². The number of carbonyl (C=O) groups is 1. The monoisotopic (exact) mass is 269 g/mol. The molecule has 1 aliphatic carbocycles. The summed E-state index contributed by atoms with van der Waals surface area (Å²) in [5.74, 6) is -1.74. The minimum Gasteiger partial charge on any atom is -0.481 e. The van der Waals surface area contributed by atoms with E-state index in [1.165, 1.54) is 0 Å². The predicted octanol–water partition coefficient (Wildman–Crippen LogP) is 3.18. The molecule has 0 aromatic carbocycles. The van der Waals surface area contributed by atoms with Crippen molar-refractivity contribution in [1.82, 2.24) is 0 Å². The summed E-state index contributed by atoms with van der Waals surface area (Å²) in [5, 5.41) is 7.42. The van der Waals surface area contributed by atoms with Crippen molar-refractivity contribution >= 4 is 5.97 Å². The Balaban J connectivity index is 0.000000631. The summed E-state index contributed by atoms with van der Waals surface area (Å²) in [6.45, 7) is 2.94. The molecule has 108 valence electrons. The smallest absolute Gasteiger partial charge is 0.391 e. The van der Waals surface area contributed by atoms with Crippen LogP contribution in [0.15, 0.2) is 0 Å². The van der Waals surface area contributed by atoms with Crippen molar-refractivity contribution in [3.8, 4) is 0 Å². The van der Waals surface area contributed by atoms with Gasteiger partial charge in [-0.1, -0.05) is 12.8 Å². The summed E-state index contributed by atoms with van der Waals surface area (Å²) in [6.07, 6.45) is -1.08. The summed E-state index contributed by atoms with van der Waals surface area (Å²) in [4.78, 5) is 9.00. The summed E-state index contributed by atoms with van der Waals surface area (Å²) >= 11 is 0. The van der Waals surface area contributed by atoms with Crippen molar-refractivity contribution in [1.29, 1.82) is 0 Å². The molecule has 0 aliphatic heterocycles. The van der Waals surface area contributed by atoms with E-state index in [0.717, 1.165) is 19.8 Å². The van der Waals surface area contributed by atoms with E-state index in [-0.39, 0.29) is 18.4 Å². The van der Waals surface area contributed by atoms with Gasteiger partial charge in [-0.15, -0.1) is 0 Å². The molecule has 0 spiro atoms. The molecule has 6 heteroatoms. The summed E-state index contributed by atoms with van der Waals surface area (Å²) < 4.78 is 37.3. The molecule has 0 aromatic rings. The zero-order valence-electron chi connectivity index (χ0n) is 10.8. The maximum atomic E-state index is 12.4. The number of nitrogens with two attached hydrogens (primary N) is 1. The second-order valence-corrected chi connectivity index (χ2v) is 5.00. The zero-order valence-corrected chi connectivity index (χ0v) is 10.8. The van der Waals surface area contributed by atoms with Crippen molar-refractivity contribution < 1.29 is 23.1 Å². The Bertz CT molecular complexity index is 250. The number of carboxylic acid groups (broad SMARTS) is 1. The highest BCUT2D eigenvalue weighted by Crippen LogP contribution is 2.40. The van der Waals surface area contributed by atoms with E-state index in [9.17, 15) is 13.2 Å². The fraction of sp³-hybridized carbons (Fsp3) is 0.917. The summed E-state index contributed by atoms with van der Waals surface area (Å²) in [7, 11) is 0. The molecule has 3 atom stereocenters. The van der Waals surface area contributed by atoms with Gasteiger partial charge in [0.25, 0.3) is 5.97 Å². The number of rotatable bonds is 2. The molecule has 3 unspecified atom stereocenters. The first kappa shape index (κ1) is 17.2. The standard InChI is InChI=1S/C10H18F3N.C2H4O2/c1-7(14)5-8-3-2-4-9(6-8)10(11,12)13;1-2(3)4/h7-9H,2-6,14H2,1H3;1H3,(H,3,4). The van der Waals surface area contributed by atoms with E-state index in [4.69, 9.17) is 15.6 Å². The van der Waals surface area contributed by atoms with Crippen molar-refractivity contribution in [2.45, 2.75) is 58.2 Å². The lowest BCUT2D eigenvalue weighted by Crippen LogP contribution is -2.31. The van der Waals surface area contributed by atoms with Crippen LogP contribution in [-0.4, -0.2) is 23.3 Å². The molecule has 3 nitrogen and oxygen atoms in total. The number of carboxylic acids is 1. The van der Waals surface area contributed by atoms with Gasteiger partial charge >= 0.3 is 6.18 Å². The van der Waals surface area contributed by atoms with Gasteiger partial charge in [0.1, 0.15) is 0 Å². The quantitative estimate of drug-likeness (QED) is 0.809. The SMILES string of the molecule is CC(=O)O.CC(N)CC1CCCC(C(F)(F)F)C1. The molecular formula is C12H22F3NO2. The predicted molar refractivity (Wildman–Crippen MR) is 63.1 cm³/mol. The highest BCUT2D eigenvalue weighted by atomic mass is 19.4. The zero-order chi connectivity index (χ0) is 14.3. The average Bonchev–Trinajstić information content (AvgIpc) is 2.14. The topological polar surface area (TPSA) is 63.3 Å². The van der Waals surface area contributed by atoms with Crippen LogP contribution in [0, 0.1) is 11.8 Å². The first-order valence-corrected chi connectivity index (χ1v) is 6.14. The lowest BCUT2D eigenvalue weighted by atomic mass is 9.78. The lowest BCUT2D eigenvalue weighted by Gasteiger charge is -2.31. The number of aliphatic carboxylic acids is 1. The van der Waals surface area contributed by atoms with Crippen LogP contribution in [0.3, 0.4) is 0 Å².